The molecule has 0 aliphatic carbocycles. The Balaban J connectivity index is 0.00000300. The third-order valence-electron chi connectivity index (χ3n) is 4.80. The molecule has 0 aliphatic heterocycles. The van der Waals surface area contributed by atoms with Crippen molar-refractivity contribution < 1.29 is 0 Å². The average molecular weight is 571 g/mol. The third kappa shape index (κ3) is 6.95. The van der Waals surface area contributed by atoms with Crippen LogP contribution in [0.15, 0.2) is 58.1 Å². The molecule has 0 saturated carbocycles. The van der Waals surface area contributed by atoms with Crippen molar-refractivity contribution in [3.63, 3.8) is 0 Å². The summed E-state index contributed by atoms with van der Waals surface area (Å²) in [4.78, 5) is 4.34. The minimum absolute atomic E-state index is 0. The van der Waals surface area contributed by atoms with Crippen molar-refractivity contribution in [1.82, 2.24) is 25.2 Å². The number of hydrogen-bond donors (Lipinski definition) is 2. The third-order valence-corrected chi connectivity index (χ3v) is 5.29. The lowest BCUT2D eigenvalue weighted by molar-refractivity contribution is 0.493. The van der Waals surface area contributed by atoms with E-state index in [4.69, 9.17) is 0 Å². The number of benzene rings is 1. The van der Waals surface area contributed by atoms with Crippen LogP contribution in [-0.2, 0) is 12.8 Å². The van der Waals surface area contributed by atoms with Crippen LogP contribution < -0.4 is 10.6 Å². The van der Waals surface area contributed by atoms with Gasteiger partial charge in [0.1, 0.15) is 5.82 Å². The van der Waals surface area contributed by atoms with E-state index in [0.717, 1.165) is 54.3 Å². The Morgan fingerprint density at radius 1 is 1.17 bits per heavy atom. The van der Waals surface area contributed by atoms with Crippen molar-refractivity contribution in [2.75, 3.05) is 20.1 Å². The zero-order chi connectivity index (χ0) is 19.8. The summed E-state index contributed by atoms with van der Waals surface area (Å²) in [7, 11) is 1.80. The Morgan fingerprint density at radius 2 is 2.03 bits per heavy atom. The van der Waals surface area contributed by atoms with Gasteiger partial charge in [0.2, 0.25) is 0 Å². The highest BCUT2D eigenvalue weighted by atomic mass is 127. The highest BCUT2D eigenvalue weighted by Crippen LogP contribution is 2.16. The molecule has 2 N–H and O–H groups in total. The van der Waals surface area contributed by atoms with Crippen LogP contribution in [0.3, 0.4) is 0 Å². The Kier molecular flexibility index (Phi) is 9.86. The molecule has 3 aromatic rings. The number of rotatable bonds is 8. The smallest absolute Gasteiger partial charge is 0.190 e. The molecule has 2 heterocycles. The van der Waals surface area contributed by atoms with Crippen LogP contribution in [0.4, 0.5) is 0 Å². The predicted molar refractivity (Wildman–Crippen MR) is 133 cm³/mol. The van der Waals surface area contributed by atoms with Crippen LogP contribution in [-0.4, -0.2) is 40.7 Å². The van der Waals surface area contributed by atoms with E-state index in [0.29, 0.717) is 5.92 Å². The van der Waals surface area contributed by atoms with E-state index in [1.807, 2.05) is 28.8 Å². The number of pyridine rings is 1. The van der Waals surface area contributed by atoms with Gasteiger partial charge in [0.15, 0.2) is 11.6 Å². The molecule has 8 heteroatoms. The lowest BCUT2D eigenvalue weighted by atomic mass is 9.97. The van der Waals surface area contributed by atoms with Gasteiger partial charge in [0, 0.05) is 37.2 Å². The number of guanidine groups is 1. The molecule has 29 heavy (non-hydrogen) atoms. The van der Waals surface area contributed by atoms with Gasteiger partial charge in [-0.2, -0.15) is 0 Å². The van der Waals surface area contributed by atoms with Gasteiger partial charge in [-0.05, 0) is 42.2 Å². The van der Waals surface area contributed by atoms with Crippen LogP contribution in [0.5, 0.6) is 0 Å². The fourth-order valence-electron chi connectivity index (χ4n) is 3.17. The molecular weight excluding hydrogens is 543 g/mol. The average Bonchev–Trinajstić information content (AvgIpc) is 3.12. The molecule has 3 rings (SSSR count). The molecule has 0 amide bonds. The Labute approximate surface area is 197 Å². The summed E-state index contributed by atoms with van der Waals surface area (Å²) in [6.07, 6.45) is 4.93. The number of hydrogen-bond acceptors (Lipinski definition) is 3. The summed E-state index contributed by atoms with van der Waals surface area (Å²) in [6, 6.07) is 14.4. The molecule has 0 saturated heterocycles. The van der Waals surface area contributed by atoms with Gasteiger partial charge < -0.3 is 10.6 Å². The topological polar surface area (TPSA) is 66.6 Å². The van der Waals surface area contributed by atoms with Gasteiger partial charge in [0.05, 0.1) is 0 Å². The minimum Gasteiger partial charge on any atom is -0.356 e. The number of nitrogens with one attached hydrogen (secondary N) is 2. The van der Waals surface area contributed by atoms with Crippen LogP contribution in [0.1, 0.15) is 24.7 Å². The van der Waals surface area contributed by atoms with Gasteiger partial charge >= 0.3 is 0 Å². The molecule has 1 aromatic carbocycles. The zero-order valence-electron chi connectivity index (χ0n) is 16.8. The number of aromatic nitrogens is 3. The van der Waals surface area contributed by atoms with Crippen molar-refractivity contribution in [3.8, 4) is 0 Å². The highest BCUT2D eigenvalue weighted by Gasteiger charge is 2.10. The van der Waals surface area contributed by atoms with Crippen LogP contribution in [0.25, 0.3) is 5.65 Å². The molecule has 6 nitrogen and oxygen atoms in total. The second-order valence-corrected chi connectivity index (χ2v) is 7.70. The molecule has 0 fully saturated rings. The summed E-state index contributed by atoms with van der Waals surface area (Å²) >= 11 is 3.55. The van der Waals surface area contributed by atoms with E-state index >= 15 is 0 Å². The lowest BCUT2D eigenvalue weighted by Gasteiger charge is -2.18. The summed E-state index contributed by atoms with van der Waals surface area (Å²) in [5, 5.41) is 15.3. The normalized spacial score (nSPS) is 12.4. The van der Waals surface area contributed by atoms with E-state index < -0.39 is 0 Å². The summed E-state index contributed by atoms with van der Waals surface area (Å²) in [5.41, 5.74) is 2.22. The first-order valence-electron chi connectivity index (χ1n) is 9.67. The zero-order valence-corrected chi connectivity index (χ0v) is 20.7. The van der Waals surface area contributed by atoms with Gasteiger partial charge in [-0.3, -0.25) is 9.39 Å². The maximum atomic E-state index is 4.34. The van der Waals surface area contributed by atoms with Gasteiger partial charge in [-0.25, -0.2) is 0 Å². The second-order valence-electron chi connectivity index (χ2n) is 6.78. The predicted octanol–water partition coefficient (Wildman–Crippen LogP) is 4.09. The van der Waals surface area contributed by atoms with E-state index in [9.17, 15) is 0 Å². The largest absolute Gasteiger partial charge is 0.356 e. The van der Waals surface area contributed by atoms with E-state index in [2.05, 4.69) is 72.9 Å². The van der Waals surface area contributed by atoms with Crippen molar-refractivity contribution in [2.24, 2.45) is 10.9 Å². The van der Waals surface area contributed by atoms with Gasteiger partial charge in [-0.15, -0.1) is 34.2 Å². The number of halogens is 2. The van der Waals surface area contributed by atoms with Crippen LogP contribution in [0.2, 0.25) is 0 Å². The lowest BCUT2D eigenvalue weighted by Crippen LogP contribution is -2.41. The SMILES string of the molecule is CCC(CNC(=NC)NCCc1nnc2ccccn12)Cc1cccc(Br)c1.I. The molecule has 0 aliphatic rings. The summed E-state index contributed by atoms with van der Waals surface area (Å²) in [6.45, 7) is 3.87. The van der Waals surface area contributed by atoms with Gasteiger partial charge in [-0.1, -0.05) is 47.5 Å². The van der Waals surface area contributed by atoms with Crippen LogP contribution >= 0.6 is 39.9 Å². The van der Waals surface area contributed by atoms with Gasteiger partial charge in [0.25, 0.3) is 0 Å². The van der Waals surface area contributed by atoms with Crippen molar-refractivity contribution in [3.05, 3.63) is 64.5 Å². The second kappa shape index (κ2) is 12.1. The maximum Gasteiger partial charge on any atom is 0.190 e. The molecule has 2 aromatic heterocycles. The monoisotopic (exact) mass is 570 g/mol. The highest BCUT2D eigenvalue weighted by molar-refractivity contribution is 14.0. The molecule has 1 atom stereocenters. The summed E-state index contributed by atoms with van der Waals surface area (Å²) in [5.74, 6) is 2.31. The Morgan fingerprint density at radius 3 is 2.79 bits per heavy atom. The van der Waals surface area contributed by atoms with Crippen LogP contribution in [0, 0.1) is 5.92 Å². The molecule has 1 unspecified atom stereocenters. The summed E-state index contributed by atoms with van der Waals surface area (Å²) < 4.78 is 3.15. The fourth-order valence-corrected chi connectivity index (χ4v) is 3.62. The standard InChI is InChI=1S/C21H27BrN6.HI/c1-3-16(13-17-7-6-8-18(22)14-17)15-25-21(23-2)24-11-10-20-27-26-19-9-4-5-12-28(19)20;/h4-9,12,14,16H,3,10-11,13,15H2,1-2H3,(H2,23,24,25);1H. The van der Waals surface area contributed by atoms with E-state index in [1.165, 1.54) is 5.56 Å². The number of nitrogens with zero attached hydrogens (tertiary/aromatic N) is 4. The first-order chi connectivity index (χ1) is 13.7. The first-order valence-corrected chi connectivity index (χ1v) is 10.5. The number of aliphatic imine (C=N–C) groups is 1. The Bertz CT molecular complexity index is 926. The molecule has 0 bridgehead atoms. The molecular formula is C21H28BrIN6. The van der Waals surface area contributed by atoms with Crippen molar-refractivity contribution in [2.45, 2.75) is 26.2 Å². The minimum atomic E-state index is 0. The van der Waals surface area contributed by atoms with Crippen molar-refractivity contribution in [1.29, 1.82) is 0 Å². The molecule has 156 valence electrons. The quantitative estimate of drug-likeness (QED) is 0.243. The van der Waals surface area contributed by atoms with E-state index in [1.54, 1.807) is 7.05 Å². The number of fused-ring (bicyclic) bond motifs is 1. The molecule has 0 radical (unpaired) electrons. The first kappa shape index (κ1) is 23.6. The van der Waals surface area contributed by atoms with Crippen molar-refractivity contribution >= 4 is 51.5 Å². The fraction of sp³-hybridized carbons (Fsp3) is 0.381. The van der Waals surface area contributed by atoms with E-state index in [-0.39, 0.29) is 24.0 Å². The molecule has 0 spiro atoms. The maximum absolute atomic E-state index is 4.34. The Hall–Kier alpha value is -1.68.